The number of carboxylic acid groups (broad SMARTS) is 1. The van der Waals surface area contributed by atoms with Crippen molar-refractivity contribution in [2.24, 2.45) is 0 Å². The molecule has 7 atom stereocenters. The van der Waals surface area contributed by atoms with Crippen LogP contribution < -0.4 is 10.4 Å². The number of fused-ring (bicyclic) bond motifs is 1. The van der Waals surface area contributed by atoms with E-state index in [1.807, 2.05) is 60.7 Å². The maximum absolute atomic E-state index is 12.1. The van der Waals surface area contributed by atoms with Gasteiger partial charge in [-0.25, -0.2) is 0 Å². The molecule has 2 aromatic carbocycles. The van der Waals surface area contributed by atoms with Crippen LogP contribution in [0.3, 0.4) is 0 Å². The Morgan fingerprint density at radius 3 is 2.41 bits per heavy atom. The van der Waals surface area contributed by atoms with E-state index in [9.17, 15) is 14.7 Å². The van der Waals surface area contributed by atoms with Gasteiger partial charge in [0.2, 0.25) is 5.91 Å². The molecule has 2 heterocycles. The van der Waals surface area contributed by atoms with E-state index in [0.29, 0.717) is 0 Å². The molecule has 2 aliphatic rings. The van der Waals surface area contributed by atoms with Gasteiger partial charge in [-0.1, -0.05) is 60.7 Å². The summed E-state index contributed by atoms with van der Waals surface area (Å²) in [7, 11) is 0. The van der Waals surface area contributed by atoms with Crippen molar-refractivity contribution >= 4 is 11.9 Å². The Bertz CT molecular complexity index is 956. The Balaban J connectivity index is 1.59. The van der Waals surface area contributed by atoms with Crippen LogP contribution in [-0.2, 0) is 39.9 Å². The van der Waals surface area contributed by atoms with Gasteiger partial charge < -0.3 is 38.9 Å². The summed E-state index contributed by atoms with van der Waals surface area (Å²) in [5.41, 5.74) is 1.71. The van der Waals surface area contributed by atoms with E-state index >= 15 is 0 Å². The van der Waals surface area contributed by atoms with Crippen LogP contribution in [-0.4, -0.2) is 55.2 Å². The van der Waals surface area contributed by atoms with Crippen LogP contribution >= 0.6 is 0 Å². The normalized spacial score (nSPS) is 29.6. The smallest absolute Gasteiger partial charge is 0.217 e. The molecule has 2 saturated heterocycles. The van der Waals surface area contributed by atoms with E-state index in [2.05, 4.69) is 5.32 Å². The third kappa shape index (κ3) is 5.81. The monoisotopic (exact) mass is 470 g/mol. The third-order valence-corrected chi connectivity index (χ3v) is 5.73. The average molecular weight is 470 g/mol. The van der Waals surface area contributed by atoms with Crippen molar-refractivity contribution in [1.82, 2.24) is 5.32 Å². The van der Waals surface area contributed by atoms with Crippen molar-refractivity contribution < 1.29 is 38.4 Å². The number of hydrogen-bond acceptors (Lipinski definition) is 8. The van der Waals surface area contributed by atoms with E-state index in [0.717, 1.165) is 11.1 Å². The molecule has 1 N–H and O–H groups in total. The second kappa shape index (κ2) is 11.1. The van der Waals surface area contributed by atoms with Crippen molar-refractivity contribution in [2.75, 3.05) is 6.61 Å². The van der Waals surface area contributed by atoms with Gasteiger partial charge in [-0.2, -0.15) is 0 Å². The zero-order valence-electron chi connectivity index (χ0n) is 19.0. The number of rotatable bonds is 8. The van der Waals surface area contributed by atoms with Crippen molar-refractivity contribution in [2.45, 2.75) is 63.5 Å². The predicted octanol–water partition coefficient (Wildman–Crippen LogP) is 1.07. The summed E-state index contributed by atoms with van der Waals surface area (Å²) in [5, 5.41) is 14.3. The molecule has 1 amide bonds. The summed E-state index contributed by atoms with van der Waals surface area (Å²) in [6.07, 6.45) is -5.11. The quantitative estimate of drug-likeness (QED) is 0.609. The summed E-state index contributed by atoms with van der Waals surface area (Å²) < 4.78 is 30.1. The van der Waals surface area contributed by atoms with Gasteiger partial charge in [0, 0.05) is 12.5 Å². The van der Waals surface area contributed by atoms with Crippen molar-refractivity contribution in [3.05, 3.63) is 71.8 Å². The Morgan fingerprint density at radius 2 is 1.76 bits per heavy atom. The van der Waals surface area contributed by atoms with Gasteiger partial charge in [0.05, 0.1) is 25.3 Å². The lowest BCUT2D eigenvalue weighted by Gasteiger charge is -2.49. The maximum atomic E-state index is 12.1. The molecule has 0 spiro atoms. The van der Waals surface area contributed by atoms with Crippen molar-refractivity contribution in [1.29, 1.82) is 0 Å². The Hall–Kier alpha value is -2.82. The van der Waals surface area contributed by atoms with Gasteiger partial charge in [-0.15, -0.1) is 0 Å². The third-order valence-electron chi connectivity index (χ3n) is 5.73. The minimum atomic E-state index is -1.38. The van der Waals surface area contributed by atoms with Crippen LogP contribution in [0.5, 0.6) is 0 Å². The number of aliphatic carboxylic acids is 1. The second-order valence-electron chi connectivity index (χ2n) is 8.30. The van der Waals surface area contributed by atoms with E-state index in [-0.39, 0.29) is 19.1 Å². The maximum Gasteiger partial charge on any atom is 0.217 e. The Morgan fingerprint density at radius 1 is 1.09 bits per heavy atom. The molecule has 182 valence electrons. The highest BCUT2D eigenvalue weighted by molar-refractivity contribution is 5.73. The van der Waals surface area contributed by atoms with E-state index in [4.69, 9.17) is 23.7 Å². The van der Waals surface area contributed by atoms with E-state index < -0.39 is 49.0 Å². The van der Waals surface area contributed by atoms with Crippen molar-refractivity contribution in [3.63, 3.8) is 0 Å². The minimum absolute atomic E-state index is 0.168. The SMILES string of the molecule is CC(=O)N[C@H]1[C@@H](OCc2ccccc2)O[C@@H]2CO[C@@H](c3ccccc3)O[C@H]2[C@@H]1O[C@H](C)C(=O)[O-]. The van der Waals surface area contributed by atoms with Gasteiger partial charge in [0.25, 0.3) is 0 Å². The van der Waals surface area contributed by atoms with Crippen LogP contribution in [0.25, 0.3) is 0 Å². The van der Waals surface area contributed by atoms with Crippen LogP contribution in [0.15, 0.2) is 60.7 Å². The minimum Gasteiger partial charge on any atom is -0.547 e. The number of nitrogens with one attached hydrogen (secondary N) is 1. The molecule has 0 saturated carbocycles. The number of carbonyl (C=O) groups excluding carboxylic acids is 2. The number of carboxylic acids is 1. The first-order chi connectivity index (χ1) is 16.4. The number of hydrogen-bond donors (Lipinski definition) is 1. The molecule has 2 aromatic rings. The molecular formula is C25H28NO8-. The van der Waals surface area contributed by atoms with Gasteiger partial charge >= 0.3 is 0 Å². The van der Waals surface area contributed by atoms with Gasteiger partial charge in [0.15, 0.2) is 12.6 Å². The Kier molecular flexibility index (Phi) is 7.91. The topological polar surface area (TPSA) is 115 Å². The Labute approximate surface area is 197 Å². The summed E-state index contributed by atoms with van der Waals surface area (Å²) in [5.74, 6) is -1.72. The average Bonchev–Trinajstić information content (AvgIpc) is 2.84. The molecule has 2 fully saturated rings. The van der Waals surface area contributed by atoms with Crippen LogP contribution in [0.4, 0.5) is 0 Å². The van der Waals surface area contributed by atoms with Crippen LogP contribution in [0.1, 0.15) is 31.3 Å². The summed E-state index contributed by atoms with van der Waals surface area (Å²) in [6.45, 7) is 3.12. The van der Waals surface area contributed by atoms with Crippen LogP contribution in [0, 0.1) is 0 Å². The number of amides is 1. The fraction of sp³-hybridized carbons (Fsp3) is 0.440. The molecule has 9 nitrogen and oxygen atoms in total. The first-order valence-electron chi connectivity index (χ1n) is 11.2. The van der Waals surface area contributed by atoms with Crippen molar-refractivity contribution in [3.8, 4) is 0 Å². The van der Waals surface area contributed by atoms with Gasteiger partial charge in [-0.05, 0) is 12.5 Å². The zero-order chi connectivity index (χ0) is 24.1. The second-order valence-corrected chi connectivity index (χ2v) is 8.30. The fourth-order valence-electron chi connectivity index (χ4n) is 4.09. The first-order valence-corrected chi connectivity index (χ1v) is 11.2. The highest BCUT2D eigenvalue weighted by atomic mass is 16.8. The fourth-order valence-corrected chi connectivity index (χ4v) is 4.09. The summed E-state index contributed by atoms with van der Waals surface area (Å²) >= 11 is 0. The number of carbonyl (C=O) groups is 2. The largest absolute Gasteiger partial charge is 0.547 e. The predicted molar refractivity (Wildman–Crippen MR) is 117 cm³/mol. The molecule has 0 unspecified atom stereocenters. The molecule has 0 aromatic heterocycles. The molecule has 9 heteroatoms. The van der Waals surface area contributed by atoms with E-state index in [1.54, 1.807) is 0 Å². The molecule has 34 heavy (non-hydrogen) atoms. The lowest BCUT2D eigenvalue weighted by atomic mass is 9.95. The summed E-state index contributed by atoms with van der Waals surface area (Å²) in [6, 6.07) is 18.0. The molecular weight excluding hydrogens is 442 g/mol. The molecule has 0 aliphatic carbocycles. The zero-order valence-corrected chi connectivity index (χ0v) is 19.0. The standard InChI is InChI=1S/C25H29NO8/c1-15(23(28)29)32-22-20(26-16(2)27)25(30-13-17-9-5-3-6-10-17)33-19-14-31-24(34-21(19)22)18-11-7-4-8-12-18/h3-12,15,19-22,24-25H,13-14H2,1-2H3,(H,26,27)(H,28,29)/p-1/t15-,19-,20-,21-,22-,24-,25+/m1/s1. The lowest BCUT2D eigenvalue weighted by Crippen LogP contribution is -2.68. The highest BCUT2D eigenvalue weighted by Crippen LogP contribution is 2.36. The summed E-state index contributed by atoms with van der Waals surface area (Å²) in [4.78, 5) is 23.6. The van der Waals surface area contributed by atoms with E-state index in [1.165, 1.54) is 13.8 Å². The number of ether oxygens (including phenoxy) is 5. The number of benzene rings is 2. The van der Waals surface area contributed by atoms with Crippen LogP contribution in [0.2, 0.25) is 0 Å². The molecule has 4 rings (SSSR count). The van der Waals surface area contributed by atoms with Gasteiger partial charge in [0.1, 0.15) is 24.4 Å². The molecule has 0 radical (unpaired) electrons. The first kappa shape index (κ1) is 24.3. The molecule has 2 aliphatic heterocycles. The highest BCUT2D eigenvalue weighted by Gasteiger charge is 2.52. The van der Waals surface area contributed by atoms with Gasteiger partial charge in [-0.3, -0.25) is 4.79 Å². The molecule has 0 bridgehead atoms. The lowest BCUT2D eigenvalue weighted by molar-refractivity contribution is -0.358.